The summed E-state index contributed by atoms with van der Waals surface area (Å²) in [6, 6.07) is 11.5. The minimum atomic E-state index is -0.591. The lowest BCUT2D eigenvalue weighted by atomic mass is 10.1. The first-order valence-corrected chi connectivity index (χ1v) is 10.8. The summed E-state index contributed by atoms with van der Waals surface area (Å²) >= 11 is 0. The summed E-state index contributed by atoms with van der Waals surface area (Å²) in [5.41, 5.74) is 8.70. The number of carboxylic acid groups (broad SMARTS) is 1. The third-order valence-corrected chi connectivity index (χ3v) is 5.27. The molecule has 1 aliphatic rings. The average molecular weight is 488 g/mol. The predicted octanol–water partition coefficient (Wildman–Crippen LogP) is 2.09. The van der Waals surface area contributed by atoms with Crippen molar-refractivity contribution in [1.29, 1.82) is 0 Å². The molecule has 1 aliphatic heterocycles. The molecule has 36 heavy (non-hydrogen) atoms. The minimum absolute atomic E-state index is 0.0348. The molecular weight excluding hydrogens is 467 g/mol. The van der Waals surface area contributed by atoms with Crippen LogP contribution in [0.15, 0.2) is 54.9 Å². The normalized spacial score (nSPS) is 12.8. The molecule has 3 N–H and O–H groups in total. The molecule has 10 nitrogen and oxygen atoms in total. The van der Waals surface area contributed by atoms with E-state index >= 15 is 0 Å². The van der Waals surface area contributed by atoms with Gasteiger partial charge in [-0.1, -0.05) is 12.0 Å². The van der Waals surface area contributed by atoms with Gasteiger partial charge in [-0.2, -0.15) is 5.10 Å². The van der Waals surface area contributed by atoms with Crippen LogP contribution < -0.4 is 5.73 Å². The Labute approximate surface area is 205 Å². The van der Waals surface area contributed by atoms with Gasteiger partial charge in [0.25, 0.3) is 12.4 Å². The molecule has 1 aromatic carbocycles. The van der Waals surface area contributed by atoms with Crippen LogP contribution in [0.5, 0.6) is 0 Å². The highest BCUT2D eigenvalue weighted by Gasteiger charge is 2.22. The van der Waals surface area contributed by atoms with Gasteiger partial charge >= 0.3 is 0 Å². The summed E-state index contributed by atoms with van der Waals surface area (Å²) in [7, 11) is 0. The van der Waals surface area contributed by atoms with Crippen LogP contribution in [0.25, 0.3) is 16.9 Å². The zero-order chi connectivity index (χ0) is 25.5. The van der Waals surface area contributed by atoms with E-state index < -0.39 is 5.82 Å². The fourth-order valence-electron chi connectivity index (χ4n) is 3.56. The Morgan fingerprint density at radius 1 is 1.11 bits per heavy atom. The number of rotatable bonds is 2. The Morgan fingerprint density at radius 3 is 2.61 bits per heavy atom. The van der Waals surface area contributed by atoms with E-state index in [-0.39, 0.29) is 17.9 Å². The Bertz CT molecular complexity index is 1470. The zero-order valence-electron chi connectivity index (χ0n) is 19.0. The Hall–Kier alpha value is -4.82. The third kappa shape index (κ3) is 5.45. The molecule has 3 aromatic heterocycles. The SMILES string of the molecule is Nc1cc(C#Cc2cnc3ccc(-c4ccc(C(=O)N5CCOCC5)c(F)c4)nn23)ccn1.O=CO. The molecule has 0 spiro atoms. The molecule has 4 aromatic rings. The van der Waals surface area contributed by atoms with Gasteiger partial charge in [-0.15, -0.1) is 0 Å². The minimum Gasteiger partial charge on any atom is -0.483 e. The molecule has 1 amide bonds. The molecule has 1 saturated heterocycles. The maximum atomic E-state index is 14.9. The van der Waals surface area contributed by atoms with E-state index in [0.717, 1.165) is 5.56 Å². The van der Waals surface area contributed by atoms with Crippen LogP contribution in [0.2, 0.25) is 0 Å². The van der Waals surface area contributed by atoms with E-state index in [9.17, 15) is 9.18 Å². The highest BCUT2D eigenvalue weighted by atomic mass is 19.1. The van der Waals surface area contributed by atoms with Gasteiger partial charge in [0.2, 0.25) is 0 Å². The number of fused-ring (bicyclic) bond motifs is 1. The van der Waals surface area contributed by atoms with Crippen molar-refractivity contribution in [3.8, 4) is 23.1 Å². The quantitative estimate of drug-likeness (QED) is 0.323. The molecule has 0 radical (unpaired) electrons. The molecule has 182 valence electrons. The van der Waals surface area contributed by atoms with E-state index in [1.54, 1.807) is 52.1 Å². The summed E-state index contributed by atoms with van der Waals surface area (Å²) in [4.78, 5) is 30.9. The monoisotopic (exact) mass is 488 g/mol. The van der Waals surface area contributed by atoms with Crippen LogP contribution in [0.4, 0.5) is 10.2 Å². The van der Waals surface area contributed by atoms with Crippen LogP contribution >= 0.6 is 0 Å². The van der Waals surface area contributed by atoms with E-state index in [4.69, 9.17) is 20.4 Å². The van der Waals surface area contributed by atoms with Gasteiger partial charge in [-0.25, -0.2) is 18.9 Å². The number of hydrogen-bond donors (Lipinski definition) is 2. The first-order chi connectivity index (χ1) is 17.5. The number of nitrogens with two attached hydrogens (primary N) is 1. The van der Waals surface area contributed by atoms with E-state index in [1.807, 2.05) is 0 Å². The van der Waals surface area contributed by atoms with E-state index in [2.05, 4.69) is 26.9 Å². The van der Waals surface area contributed by atoms with E-state index in [0.29, 0.717) is 54.7 Å². The van der Waals surface area contributed by atoms with Crippen molar-refractivity contribution in [2.45, 2.75) is 0 Å². The maximum absolute atomic E-state index is 14.9. The highest BCUT2D eigenvalue weighted by molar-refractivity contribution is 5.95. The lowest BCUT2D eigenvalue weighted by Gasteiger charge is -2.27. The molecule has 0 atom stereocenters. The molecule has 0 aliphatic carbocycles. The maximum Gasteiger partial charge on any atom is 0.290 e. The second-order valence-corrected chi connectivity index (χ2v) is 7.56. The summed E-state index contributed by atoms with van der Waals surface area (Å²) in [6.45, 7) is 1.57. The number of halogens is 1. The number of anilines is 1. The van der Waals surface area contributed by atoms with Crippen molar-refractivity contribution in [1.82, 2.24) is 24.5 Å². The Balaban J connectivity index is 0.000000967. The lowest BCUT2D eigenvalue weighted by Crippen LogP contribution is -2.41. The molecule has 0 saturated carbocycles. The Morgan fingerprint density at radius 2 is 1.89 bits per heavy atom. The van der Waals surface area contributed by atoms with Crippen molar-refractivity contribution in [2.24, 2.45) is 0 Å². The van der Waals surface area contributed by atoms with Crippen molar-refractivity contribution < 1.29 is 23.8 Å². The number of carbonyl (C=O) groups excluding carboxylic acids is 1. The van der Waals surface area contributed by atoms with Crippen LogP contribution in [-0.4, -0.2) is 68.3 Å². The predicted molar refractivity (Wildman–Crippen MR) is 128 cm³/mol. The molecule has 1 fully saturated rings. The van der Waals surface area contributed by atoms with Gasteiger partial charge < -0.3 is 20.5 Å². The fourth-order valence-corrected chi connectivity index (χ4v) is 3.56. The van der Waals surface area contributed by atoms with Gasteiger partial charge in [0.1, 0.15) is 17.3 Å². The van der Waals surface area contributed by atoms with Crippen molar-refractivity contribution in [2.75, 3.05) is 32.0 Å². The van der Waals surface area contributed by atoms with Gasteiger partial charge in [0.05, 0.1) is 30.7 Å². The van der Waals surface area contributed by atoms with Crippen molar-refractivity contribution in [3.63, 3.8) is 0 Å². The summed E-state index contributed by atoms with van der Waals surface area (Å²) < 4.78 is 21.7. The number of ether oxygens (including phenoxy) is 1. The van der Waals surface area contributed by atoms with Gasteiger partial charge in [-0.05, 0) is 42.3 Å². The highest BCUT2D eigenvalue weighted by Crippen LogP contribution is 2.22. The number of nitrogen functional groups attached to an aromatic ring is 1. The Kier molecular flexibility index (Phi) is 7.48. The number of carbonyl (C=O) groups is 2. The standard InChI is InChI=1S/C24H19FN6O2.CH2O2/c25-20-14-17(2-4-19(20)24(32)30-9-11-33-12-10-30)21-5-6-23-28-15-18(31(23)29-21)3-1-16-7-8-27-22(26)13-16;2-1-3/h2,4-8,13-15H,9-12H2,(H2,26,27);1H,(H,2,3). The van der Waals surface area contributed by atoms with Crippen molar-refractivity contribution in [3.05, 3.63) is 77.5 Å². The summed E-state index contributed by atoms with van der Waals surface area (Å²) in [5.74, 6) is 5.51. The molecular formula is C25H21FN6O4. The van der Waals surface area contributed by atoms with Crippen LogP contribution in [-0.2, 0) is 9.53 Å². The number of morpholine rings is 1. The average Bonchev–Trinajstić information content (AvgIpc) is 3.30. The number of imidazole rings is 1. The summed E-state index contributed by atoms with van der Waals surface area (Å²) in [5, 5.41) is 11.5. The number of hydrogen-bond acceptors (Lipinski definition) is 7. The molecule has 0 unspecified atom stereocenters. The van der Waals surface area contributed by atoms with Crippen LogP contribution in [0, 0.1) is 17.7 Å². The fraction of sp³-hybridized carbons (Fsp3) is 0.160. The largest absolute Gasteiger partial charge is 0.483 e. The molecule has 5 rings (SSSR count). The molecule has 0 bridgehead atoms. The van der Waals surface area contributed by atoms with Gasteiger partial charge in [0, 0.05) is 30.4 Å². The van der Waals surface area contributed by atoms with Gasteiger partial charge in [0.15, 0.2) is 5.65 Å². The first-order valence-electron chi connectivity index (χ1n) is 10.8. The van der Waals surface area contributed by atoms with Crippen molar-refractivity contribution >= 4 is 23.8 Å². The number of amides is 1. The first kappa shape index (κ1) is 24.3. The second-order valence-electron chi connectivity index (χ2n) is 7.56. The summed E-state index contributed by atoms with van der Waals surface area (Å²) in [6.07, 6.45) is 3.21. The number of pyridine rings is 1. The number of benzene rings is 1. The lowest BCUT2D eigenvalue weighted by molar-refractivity contribution is -0.122. The molecule has 11 heteroatoms. The number of nitrogens with zero attached hydrogens (tertiary/aromatic N) is 5. The van der Waals surface area contributed by atoms with Gasteiger partial charge in [-0.3, -0.25) is 9.59 Å². The van der Waals surface area contributed by atoms with Crippen LogP contribution in [0.3, 0.4) is 0 Å². The van der Waals surface area contributed by atoms with Crippen LogP contribution in [0.1, 0.15) is 21.6 Å². The number of aromatic nitrogens is 4. The van der Waals surface area contributed by atoms with E-state index in [1.165, 1.54) is 12.1 Å². The molecule has 4 heterocycles. The smallest absolute Gasteiger partial charge is 0.290 e. The second kappa shape index (κ2) is 11.1. The third-order valence-electron chi connectivity index (χ3n) is 5.27. The topological polar surface area (TPSA) is 136 Å². The zero-order valence-corrected chi connectivity index (χ0v) is 19.0.